The topological polar surface area (TPSA) is 69.1 Å². The summed E-state index contributed by atoms with van der Waals surface area (Å²) in [6.07, 6.45) is 5.82. The monoisotopic (exact) mass is 192 g/mol. The molecule has 1 heterocycles. The van der Waals surface area contributed by atoms with E-state index in [1.54, 1.807) is 4.90 Å². The third kappa shape index (κ3) is 1.59. The summed E-state index contributed by atoms with van der Waals surface area (Å²) in [6, 6.07) is -0.00156. The fourth-order valence-corrected chi connectivity index (χ4v) is 1.86. The van der Waals surface area contributed by atoms with Crippen LogP contribution in [-0.4, -0.2) is 29.9 Å². The van der Waals surface area contributed by atoms with Gasteiger partial charge >= 0.3 is 0 Å². The SMILES string of the molecule is [N-]=[N+]=NC1CN(C(=O)C2CC=CC2)C1. The van der Waals surface area contributed by atoms with E-state index in [-0.39, 0.29) is 17.9 Å². The fraction of sp³-hybridized carbons (Fsp3) is 0.667. The second-order valence-electron chi connectivity index (χ2n) is 3.74. The van der Waals surface area contributed by atoms with E-state index < -0.39 is 0 Å². The van der Waals surface area contributed by atoms with Gasteiger partial charge in [-0.15, -0.1) is 0 Å². The minimum absolute atomic E-state index is 0.00156. The first kappa shape index (κ1) is 9.09. The Balaban J connectivity index is 1.81. The molecule has 14 heavy (non-hydrogen) atoms. The maximum absolute atomic E-state index is 11.7. The molecule has 0 unspecified atom stereocenters. The first-order chi connectivity index (χ1) is 6.81. The van der Waals surface area contributed by atoms with Crippen LogP contribution in [0.15, 0.2) is 17.3 Å². The van der Waals surface area contributed by atoms with Crippen LogP contribution in [0.4, 0.5) is 0 Å². The fourth-order valence-electron chi connectivity index (χ4n) is 1.86. The molecule has 1 aliphatic heterocycles. The molecule has 1 saturated heterocycles. The summed E-state index contributed by atoms with van der Waals surface area (Å²) in [5.41, 5.74) is 8.18. The van der Waals surface area contributed by atoms with Crippen molar-refractivity contribution >= 4 is 5.91 Å². The average molecular weight is 192 g/mol. The molecule has 1 fully saturated rings. The summed E-state index contributed by atoms with van der Waals surface area (Å²) < 4.78 is 0. The largest absolute Gasteiger partial charge is 0.341 e. The summed E-state index contributed by atoms with van der Waals surface area (Å²) in [5, 5.41) is 3.56. The van der Waals surface area contributed by atoms with Crippen molar-refractivity contribution in [1.29, 1.82) is 0 Å². The van der Waals surface area contributed by atoms with Crippen LogP contribution in [0.1, 0.15) is 12.8 Å². The number of amides is 1. The van der Waals surface area contributed by atoms with E-state index >= 15 is 0 Å². The molecule has 0 saturated carbocycles. The average Bonchev–Trinajstić information content (AvgIpc) is 2.62. The van der Waals surface area contributed by atoms with Gasteiger partial charge in [0.15, 0.2) is 0 Å². The number of rotatable bonds is 2. The zero-order valence-electron chi connectivity index (χ0n) is 7.83. The molecule has 1 amide bonds. The zero-order valence-corrected chi connectivity index (χ0v) is 7.83. The van der Waals surface area contributed by atoms with Crippen LogP contribution in [0.5, 0.6) is 0 Å². The number of hydrogen-bond donors (Lipinski definition) is 0. The smallest absolute Gasteiger partial charge is 0.226 e. The van der Waals surface area contributed by atoms with Gasteiger partial charge in [-0.05, 0) is 18.4 Å². The van der Waals surface area contributed by atoms with Gasteiger partial charge in [-0.25, -0.2) is 0 Å². The number of hydrogen-bond acceptors (Lipinski definition) is 2. The van der Waals surface area contributed by atoms with Gasteiger partial charge < -0.3 is 4.90 Å². The maximum Gasteiger partial charge on any atom is 0.226 e. The van der Waals surface area contributed by atoms with E-state index in [0.29, 0.717) is 13.1 Å². The standard InChI is InChI=1S/C9H12N4O/c10-12-11-8-5-13(6-8)9(14)7-3-1-2-4-7/h1-2,7-8H,3-6H2. The van der Waals surface area contributed by atoms with Crippen molar-refractivity contribution in [2.45, 2.75) is 18.9 Å². The van der Waals surface area contributed by atoms with Gasteiger partial charge in [0.2, 0.25) is 5.91 Å². The number of carbonyl (C=O) groups excluding carboxylic acids is 1. The van der Waals surface area contributed by atoms with Crippen LogP contribution in [0.25, 0.3) is 10.4 Å². The number of allylic oxidation sites excluding steroid dienone is 2. The first-order valence-electron chi connectivity index (χ1n) is 4.79. The van der Waals surface area contributed by atoms with Crippen LogP contribution in [0, 0.1) is 5.92 Å². The lowest BCUT2D eigenvalue weighted by Gasteiger charge is -2.38. The molecule has 0 aromatic rings. The Morgan fingerprint density at radius 3 is 2.64 bits per heavy atom. The van der Waals surface area contributed by atoms with Gasteiger partial charge in [-0.3, -0.25) is 4.79 Å². The lowest BCUT2D eigenvalue weighted by Crippen LogP contribution is -2.54. The molecule has 2 aliphatic rings. The highest BCUT2D eigenvalue weighted by atomic mass is 16.2. The number of azide groups is 1. The Morgan fingerprint density at radius 2 is 2.07 bits per heavy atom. The third-order valence-corrected chi connectivity index (χ3v) is 2.75. The number of carbonyl (C=O) groups is 1. The van der Waals surface area contributed by atoms with Crippen molar-refractivity contribution in [3.05, 3.63) is 22.6 Å². The van der Waals surface area contributed by atoms with Crippen molar-refractivity contribution in [1.82, 2.24) is 4.90 Å². The summed E-state index contributed by atoms with van der Waals surface area (Å²) >= 11 is 0. The normalized spacial score (nSPS) is 21.9. The molecule has 2 rings (SSSR count). The number of nitrogens with zero attached hydrogens (tertiary/aromatic N) is 4. The Bertz CT molecular complexity index is 305. The van der Waals surface area contributed by atoms with E-state index in [0.717, 1.165) is 12.8 Å². The molecular formula is C9H12N4O. The first-order valence-corrected chi connectivity index (χ1v) is 4.79. The zero-order chi connectivity index (χ0) is 9.97. The maximum atomic E-state index is 11.7. The van der Waals surface area contributed by atoms with E-state index in [2.05, 4.69) is 10.0 Å². The van der Waals surface area contributed by atoms with E-state index in [1.165, 1.54) is 0 Å². The van der Waals surface area contributed by atoms with Gasteiger partial charge in [0.25, 0.3) is 0 Å². The van der Waals surface area contributed by atoms with Crippen molar-refractivity contribution in [3.8, 4) is 0 Å². The molecule has 0 aromatic heterocycles. The molecule has 5 nitrogen and oxygen atoms in total. The Morgan fingerprint density at radius 1 is 1.43 bits per heavy atom. The molecule has 0 spiro atoms. The summed E-state index contributed by atoms with van der Waals surface area (Å²) in [4.78, 5) is 16.2. The molecule has 0 bridgehead atoms. The minimum atomic E-state index is -0.00156. The summed E-state index contributed by atoms with van der Waals surface area (Å²) in [5.74, 6) is 0.349. The van der Waals surface area contributed by atoms with Gasteiger partial charge in [-0.2, -0.15) is 0 Å². The van der Waals surface area contributed by atoms with E-state index in [4.69, 9.17) is 5.53 Å². The van der Waals surface area contributed by atoms with Crippen LogP contribution in [-0.2, 0) is 4.79 Å². The summed E-state index contributed by atoms with van der Waals surface area (Å²) in [7, 11) is 0. The number of likely N-dealkylation sites (tertiary alicyclic amines) is 1. The molecule has 5 heteroatoms. The van der Waals surface area contributed by atoms with Crippen LogP contribution in [0.2, 0.25) is 0 Å². The van der Waals surface area contributed by atoms with Crippen LogP contribution in [0.3, 0.4) is 0 Å². The van der Waals surface area contributed by atoms with Gasteiger partial charge in [-0.1, -0.05) is 17.3 Å². The second-order valence-corrected chi connectivity index (χ2v) is 3.74. The highest BCUT2D eigenvalue weighted by molar-refractivity contribution is 5.80. The predicted molar refractivity (Wildman–Crippen MR) is 51.4 cm³/mol. The van der Waals surface area contributed by atoms with E-state index in [1.807, 2.05) is 12.2 Å². The molecular weight excluding hydrogens is 180 g/mol. The predicted octanol–water partition coefficient (Wildman–Crippen LogP) is 1.47. The third-order valence-electron chi connectivity index (χ3n) is 2.75. The van der Waals surface area contributed by atoms with Crippen molar-refractivity contribution in [2.24, 2.45) is 11.0 Å². The molecule has 74 valence electrons. The molecule has 0 radical (unpaired) electrons. The molecule has 0 atom stereocenters. The van der Waals surface area contributed by atoms with Crippen LogP contribution < -0.4 is 0 Å². The van der Waals surface area contributed by atoms with Gasteiger partial charge in [0.1, 0.15) is 0 Å². The lowest BCUT2D eigenvalue weighted by atomic mass is 10.0. The quantitative estimate of drug-likeness (QED) is 0.282. The Labute approximate surface area is 82.0 Å². The van der Waals surface area contributed by atoms with Crippen molar-refractivity contribution < 1.29 is 4.79 Å². The van der Waals surface area contributed by atoms with Gasteiger partial charge in [0.05, 0.1) is 6.04 Å². The van der Waals surface area contributed by atoms with Crippen LogP contribution >= 0.6 is 0 Å². The molecule has 1 aliphatic carbocycles. The van der Waals surface area contributed by atoms with Crippen molar-refractivity contribution in [2.75, 3.05) is 13.1 Å². The Hall–Kier alpha value is -1.48. The lowest BCUT2D eigenvalue weighted by molar-refractivity contribution is -0.139. The summed E-state index contributed by atoms with van der Waals surface area (Å²) in [6.45, 7) is 1.19. The highest BCUT2D eigenvalue weighted by Crippen LogP contribution is 2.23. The van der Waals surface area contributed by atoms with E-state index in [9.17, 15) is 4.79 Å². The second kappa shape index (κ2) is 3.72. The Kier molecular flexibility index (Phi) is 2.41. The van der Waals surface area contributed by atoms with Gasteiger partial charge in [0, 0.05) is 23.9 Å². The highest BCUT2D eigenvalue weighted by Gasteiger charge is 2.33. The molecule has 0 N–H and O–H groups in total. The molecule has 0 aromatic carbocycles. The van der Waals surface area contributed by atoms with Crippen molar-refractivity contribution in [3.63, 3.8) is 0 Å². The minimum Gasteiger partial charge on any atom is -0.341 e.